The third-order valence-electron chi connectivity index (χ3n) is 1.87. The maximum absolute atomic E-state index is 5.08. The summed E-state index contributed by atoms with van der Waals surface area (Å²) in [5.41, 5.74) is 0. The minimum Gasteiger partial charge on any atom is -0.386 e. The molecule has 4 heteroatoms. The summed E-state index contributed by atoms with van der Waals surface area (Å²) in [7, 11) is -0.472. The molecule has 0 radical (unpaired) electrons. The van der Waals surface area contributed by atoms with Gasteiger partial charge >= 0.3 is 7.32 Å². The molecule has 0 aromatic rings. The van der Waals surface area contributed by atoms with Gasteiger partial charge in [0.25, 0.3) is 0 Å². The van der Waals surface area contributed by atoms with Crippen molar-refractivity contribution in [2.24, 2.45) is 0 Å². The molecule has 0 aliphatic heterocycles. The van der Waals surface area contributed by atoms with Crippen molar-refractivity contribution < 1.29 is 14.0 Å². The summed E-state index contributed by atoms with van der Waals surface area (Å²) < 4.78 is 15.2. The molecule has 0 N–H and O–H groups in total. The summed E-state index contributed by atoms with van der Waals surface area (Å²) in [6.07, 6.45) is 5.54. The van der Waals surface area contributed by atoms with Crippen LogP contribution in [0, 0.1) is 0 Å². The standard InChI is InChI=1S/C6H15BO3.C6H14/c1-4-8-7(9-5-2)10-6-3;1-3-5-6-4-2/h4-6H2,1-3H3;3-6H2,1-2H3. The van der Waals surface area contributed by atoms with Gasteiger partial charge in [-0.2, -0.15) is 0 Å². The molecule has 0 saturated heterocycles. The summed E-state index contributed by atoms with van der Waals surface area (Å²) in [6.45, 7) is 12.0. The Morgan fingerprint density at radius 1 is 0.625 bits per heavy atom. The molecule has 0 aromatic carbocycles. The van der Waals surface area contributed by atoms with Crippen molar-refractivity contribution in [3.63, 3.8) is 0 Å². The Bertz CT molecular complexity index is 94.2. The van der Waals surface area contributed by atoms with E-state index in [9.17, 15) is 0 Å². The molecule has 0 bridgehead atoms. The van der Waals surface area contributed by atoms with Gasteiger partial charge in [0.2, 0.25) is 0 Å². The molecule has 0 unspecified atom stereocenters. The molecule has 3 nitrogen and oxygen atoms in total. The van der Waals surface area contributed by atoms with Crippen LogP contribution in [0.1, 0.15) is 60.3 Å². The summed E-state index contributed by atoms with van der Waals surface area (Å²) in [5, 5.41) is 0. The average Bonchev–Trinajstić information content (AvgIpc) is 2.28. The smallest absolute Gasteiger partial charge is 0.386 e. The van der Waals surface area contributed by atoms with Crippen molar-refractivity contribution in [1.29, 1.82) is 0 Å². The van der Waals surface area contributed by atoms with E-state index in [4.69, 9.17) is 14.0 Å². The van der Waals surface area contributed by atoms with Gasteiger partial charge in [-0.15, -0.1) is 0 Å². The lowest BCUT2D eigenvalue weighted by Gasteiger charge is -2.09. The highest BCUT2D eigenvalue weighted by Crippen LogP contribution is 1.95. The first kappa shape index (κ1) is 18.3. The molecule has 0 saturated carbocycles. The zero-order valence-corrected chi connectivity index (χ0v) is 11.8. The molecule has 0 aliphatic carbocycles. The number of hydrogen-bond donors (Lipinski definition) is 0. The molecule has 0 atom stereocenters. The van der Waals surface area contributed by atoms with E-state index in [-0.39, 0.29) is 0 Å². The Kier molecular flexibility index (Phi) is 19.9. The molecule has 0 spiro atoms. The van der Waals surface area contributed by atoms with Crippen LogP contribution in [0.25, 0.3) is 0 Å². The second-order valence-corrected chi connectivity index (χ2v) is 3.36. The summed E-state index contributed by atoms with van der Waals surface area (Å²) in [6, 6.07) is 0. The monoisotopic (exact) mass is 232 g/mol. The van der Waals surface area contributed by atoms with Crippen LogP contribution in [-0.4, -0.2) is 27.1 Å². The Morgan fingerprint density at radius 3 is 1.12 bits per heavy atom. The highest BCUT2D eigenvalue weighted by atomic mass is 16.7. The fraction of sp³-hybridized carbons (Fsp3) is 1.00. The van der Waals surface area contributed by atoms with Crippen molar-refractivity contribution >= 4 is 7.32 Å². The summed E-state index contributed by atoms with van der Waals surface area (Å²) >= 11 is 0. The van der Waals surface area contributed by atoms with Crippen LogP contribution in [0.2, 0.25) is 0 Å². The van der Waals surface area contributed by atoms with Gasteiger partial charge in [0.05, 0.1) is 0 Å². The first-order valence-electron chi connectivity index (χ1n) is 6.61. The summed E-state index contributed by atoms with van der Waals surface area (Å²) in [5.74, 6) is 0. The van der Waals surface area contributed by atoms with Crippen molar-refractivity contribution in [2.75, 3.05) is 19.8 Å². The molecule has 0 aromatic heterocycles. The molecular formula is C12H29BO3. The molecule has 0 aliphatic rings. The van der Waals surface area contributed by atoms with Crippen molar-refractivity contribution in [1.82, 2.24) is 0 Å². The van der Waals surface area contributed by atoms with Crippen LogP contribution < -0.4 is 0 Å². The number of rotatable bonds is 9. The Hall–Kier alpha value is -0.0551. The first-order valence-corrected chi connectivity index (χ1v) is 6.61. The largest absolute Gasteiger partial charge is 0.639 e. The van der Waals surface area contributed by atoms with E-state index in [0.29, 0.717) is 19.8 Å². The Balaban J connectivity index is 0. The van der Waals surface area contributed by atoms with Crippen molar-refractivity contribution in [2.45, 2.75) is 60.3 Å². The lowest BCUT2D eigenvalue weighted by molar-refractivity contribution is 0.107. The third-order valence-corrected chi connectivity index (χ3v) is 1.87. The lowest BCUT2D eigenvalue weighted by atomic mass is 10.2. The van der Waals surface area contributed by atoms with Crippen LogP contribution in [0.5, 0.6) is 0 Å². The van der Waals surface area contributed by atoms with E-state index in [1.807, 2.05) is 20.8 Å². The predicted molar refractivity (Wildman–Crippen MR) is 70.4 cm³/mol. The van der Waals surface area contributed by atoms with Crippen LogP contribution >= 0.6 is 0 Å². The fourth-order valence-corrected chi connectivity index (χ4v) is 1.05. The van der Waals surface area contributed by atoms with E-state index in [1.54, 1.807) is 0 Å². The van der Waals surface area contributed by atoms with Crippen LogP contribution in [0.15, 0.2) is 0 Å². The van der Waals surface area contributed by atoms with E-state index in [2.05, 4.69) is 13.8 Å². The number of hydrogen-bond acceptors (Lipinski definition) is 3. The van der Waals surface area contributed by atoms with E-state index < -0.39 is 7.32 Å². The topological polar surface area (TPSA) is 27.7 Å². The first-order chi connectivity index (χ1) is 7.76. The number of unbranched alkanes of at least 4 members (excludes halogenated alkanes) is 3. The van der Waals surface area contributed by atoms with Gasteiger partial charge in [-0.05, 0) is 20.8 Å². The minimum absolute atomic E-state index is 0.472. The van der Waals surface area contributed by atoms with Gasteiger partial charge in [0.15, 0.2) is 0 Å². The van der Waals surface area contributed by atoms with E-state index in [0.717, 1.165) is 0 Å². The highest BCUT2D eigenvalue weighted by Gasteiger charge is 2.17. The van der Waals surface area contributed by atoms with Crippen LogP contribution in [0.3, 0.4) is 0 Å². The zero-order valence-electron chi connectivity index (χ0n) is 11.8. The normalized spacial score (nSPS) is 9.56. The van der Waals surface area contributed by atoms with Gasteiger partial charge in [-0.1, -0.05) is 39.5 Å². The van der Waals surface area contributed by atoms with Crippen molar-refractivity contribution in [3.8, 4) is 0 Å². The third kappa shape index (κ3) is 16.4. The highest BCUT2D eigenvalue weighted by molar-refractivity contribution is 6.36. The molecule has 0 fully saturated rings. The summed E-state index contributed by atoms with van der Waals surface area (Å²) in [4.78, 5) is 0. The second-order valence-electron chi connectivity index (χ2n) is 3.36. The molecular weight excluding hydrogens is 203 g/mol. The maximum atomic E-state index is 5.08. The van der Waals surface area contributed by atoms with Gasteiger partial charge in [-0.3, -0.25) is 0 Å². The van der Waals surface area contributed by atoms with Crippen LogP contribution in [-0.2, 0) is 14.0 Å². The van der Waals surface area contributed by atoms with E-state index >= 15 is 0 Å². The van der Waals surface area contributed by atoms with Crippen molar-refractivity contribution in [3.05, 3.63) is 0 Å². The van der Waals surface area contributed by atoms with Gasteiger partial charge in [-0.25, -0.2) is 0 Å². The molecule has 0 amide bonds. The van der Waals surface area contributed by atoms with E-state index in [1.165, 1.54) is 25.7 Å². The van der Waals surface area contributed by atoms with Gasteiger partial charge < -0.3 is 14.0 Å². The quantitative estimate of drug-likeness (QED) is 0.448. The second kappa shape index (κ2) is 17.3. The molecule has 16 heavy (non-hydrogen) atoms. The SMILES string of the molecule is CCCCCC.CCOB(OCC)OCC. The molecule has 98 valence electrons. The van der Waals surface area contributed by atoms with Gasteiger partial charge in [0, 0.05) is 19.8 Å². The fourth-order valence-electron chi connectivity index (χ4n) is 1.05. The zero-order chi connectivity index (χ0) is 12.6. The van der Waals surface area contributed by atoms with Crippen LogP contribution in [0.4, 0.5) is 0 Å². The minimum atomic E-state index is -0.472. The predicted octanol–water partition coefficient (Wildman–Crippen LogP) is 3.67. The van der Waals surface area contributed by atoms with Gasteiger partial charge in [0.1, 0.15) is 0 Å². The average molecular weight is 232 g/mol. The lowest BCUT2D eigenvalue weighted by Crippen LogP contribution is -2.27. The Labute approximate surface area is 102 Å². The maximum Gasteiger partial charge on any atom is 0.639 e. The molecule has 0 rings (SSSR count). The molecule has 0 heterocycles. The Morgan fingerprint density at radius 2 is 0.938 bits per heavy atom.